The first-order valence-corrected chi connectivity index (χ1v) is 7.51. The van der Waals surface area contributed by atoms with Crippen LogP contribution in [0, 0.1) is 11.8 Å². The molecular formula is C18H39NO2. The molecule has 0 radical (unpaired) electrons. The summed E-state index contributed by atoms with van der Waals surface area (Å²) in [6.45, 7) is 16.2. The molecule has 1 N–H and O–H groups in total. The highest BCUT2D eigenvalue weighted by Gasteiger charge is 1.72. The summed E-state index contributed by atoms with van der Waals surface area (Å²) >= 11 is 0. The van der Waals surface area contributed by atoms with Gasteiger partial charge in [0, 0.05) is 27.7 Å². The van der Waals surface area contributed by atoms with Crippen molar-refractivity contribution >= 4 is 5.91 Å². The van der Waals surface area contributed by atoms with Crippen molar-refractivity contribution in [3.05, 3.63) is 12.2 Å². The molecule has 0 fully saturated rings. The Morgan fingerprint density at radius 1 is 1.05 bits per heavy atom. The number of amides is 1. The first-order valence-electron chi connectivity index (χ1n) is 7.51. The molecule has 0 aromatic carbocycles. The second-order valence-corrected chi connectivity index (χ2v) is 3.55. The van der Waals surface area contributed by atoms with Gasteiger partial charge in [-0.25, -0.2) is 0 Å². The normalized spacial score (nSPS) is 6.95. The Morgan fingerprint density at radius 2 is 1.29 bits per heavy atom. The number of hydrogen-bond donors (Lipinski definition) is 1. The summed E-state index contributed by atoms with van der Waals surface area (Å²) in [4.78, 5) is 9.70. The SMILES string of the molecule is C/C=C\C.CC#CC.CCCC.CCOC.CNC(C)=O. The zero-order valence-electron chi connectivity index (χ0n) is 16.1. The molecular weight excluding hydrogens is 262 g/mol. The molecule has 3 nitrogen and oxygen atoms in total. The van der Waals surface area contributed by atoms with E-state index < -0.39 is 0 Å². The number of rotatable bonds is 2. The fraction of sp³-hybridized carbons (Fsp3) is 0.722. The van der Waals surface area contributed by atoms with Crippen LogP contribution in [-0.4, -0.2) is 26.7 Å². The summed E-state index contributed by atoms with van der Waals surface area (Å²) in [6, 6.07) is 0. The van der Waals surface area contributed by atoms with Crippen molar-refractivity contribution in [2.75, 3.05) is 20.8 Å². The van der Waals surface area contributed by atoms with Gasteiger partial charge in [-0.3, -0.25) is 4.79 Å². The minimum atomic E-state index is 0.00463. The molecule has 3 heteroatoms. The van der Waals surface area contributed by atoms with E-state index in [4.69, 9.17) is 0 Å². The fourth-order valence-electron chi connectivity index (χ4n) is 0. The molecule has 0 aliphatic carbocycles. The Hall–Kier alpha value is -1.27. The standard InChI is InChI=1S/C4H10.C4H8.C4H6.C3H7NO.C3H8O/c3*1-3-4-2;1-3(5)4-2;1-3-4-2/h3-4H2,1-2H3;3-4H,1-2H3;1-2H3;1-2H3,(H,4,5);3H2,1-2H3/b;4-3-;;;. The average Bonchev–Trinajstić information content (AvgIpc) is 2.55. The maximum atomic E-state index is 9.70. The molecule has 0 aromatic heterocycles. The molecule has 0 heterocycles. The molecule has 0 atom stereocenters. The highest BCUT2D eigenvalue weighted by molar-refractivity contribution is 5.72. The molecule has 0 saturated heterocycles. The maximum absolute atomic E-state index is 9.70. The smallest absolute Gasteiger partial charge is 0.216 e. The molecule has 0 unspecified atom stereocenters. The van der Waals surface area contributed by atoms with Gasteiger partial charge in [-0.05, 0) is 34.6 Å². The van der Waals surface area contributed by atoms with E-state index in [0.717, 1.165) is 6.61 Å². The van der Waals surface area contributed by atoms with E-state index in [-0.39, 0.29) is 5.91 Å². The summed E-state index contributed by atoms with van der Waals surface area (Å²) in [5.74, 6) is 5.37. The van der Waals surface area contributed by atoms with Crippen molar-refractivity contribution in [1.29, 1.82) is 0 Å². The van der Waals surface area contributed by atoms with Crippen LogP contribution in [0.15, 0.2) is 12.2 Å². The molecule has 128 valence electrons. The number of nitrogens with one attached hydrogen (secondary N) is 1. The highest BCUT2D eigenvalue weighted by atomic mass is 16.5. The summed E-state index contributed by atoms with van der Waals surface area (Å²) in [5.41, 5.74) is 0. The molecule has 0 spiro atoms. The van der Waals surface area contributed by atoms with E-state index in [1.807, 2.05) is 46.8 Å². The lowest BCUT2D eigenvalue weighted by molar-refractivity contribution is -0.118. The molecule has 0 aliphatic rings. The Bertz CT molecular complexity index is 207. The predicted molar refractivity (Wildman–Crippen MR) is 97.5 cm³/mol. The third-order valence-corrected chi connectivity index (χ3v) is 1.72. The number of carbonyl (C=O) groups is 1. The van der Waals surface area contributed by atoms with Crippen LogP contribution >= 0.6 is 0 Å². The fourth-order valence-corrected chi connectivity index (χ4v) is 0. The minimum absolute atomic E-state index is 0.00463. The van der Waals surface area contributed by atoms with Gasteiger partial charge in [0.25, 0.3) is 0 Å². The van der Waals surface area contributed by atoms with Crippen LogP contribution < -0.4 is 5.32 Å². The van der Waals surface area contributed by atoms with E-state index in [9.17, 15) is 4.79 Å². The van der Waals surface area contributed by atoms with Gasteiger partial charge in [-0.15, -0.1) is 11.8 Å². The van der Waals surface area contributed by atoms with E-state index in [0.29, 0.717) is 0 Å². The topological polar surface area (TPSA) is 38.3 Å². The molecule has 0 aliphatic heterocycles. The van der Waals surface area contributed by atoms with Crippen LogP contribution in [0.25, 0.3) is 0 Å². The van der Waals surface area contributed by atoms with E-state index >= 15 is 0 Å². The number of unbranched alkanes of at least 4 members (excludes halogenated alkanes) is 1. The number of ether oxygens (including phenoxy) is 1. The molecule has 1 amide bonds. The van der Waals surface area contributed by atoms with E-state index in [1.54, 1.807) is 14.2 Å². The number of hydrogen-bond acceptors (Lipinski definition) is 2. The van der Waals surface area contributed by atoms with Crippen molar-refractivity contribution in [2.45, 2.75) is 68.2 Å². The molecule has 21 heavy (non-hydrogen) atoms. The van der Waals surface area contributed by atoms with Crippen LogP contribution in [-0.2, 0) is 9.53 Å². The Balaban J connectivity index is -0.0000000510. The maximum Gasteiger partial charge on any atom is 0.216 e. The van der Waals surface area contributed by atoms with Gasteiger partial charge in [0.1, 0.15) is 0 Å². The average molecular weight is 302 g/mol. The molecule has 0 bridgehead atoms. The van der Waals surface area contributed by atoms with Crippen LogP contribution in [0.4, 0.5) is 0 Å². The zero-order valence-corrected chi connectivity index (χ0v) is 16.1. The summed E-state index contributed by atoms with van der Waals surface area (Å²) in [6.07, 6.45) is 6.64. The van der Waals surface area contributed by atoms with Crippen LogP contribution in [0.2, 0.25) is 0 Å². The lowest BCUT2D eigenvalue weighted by Crippen LogP contribution is -2.11. The highest BCUT2D eigenvalue weighted by Crippen LogP contribution is 1.76. The Labute approximate surface area is 134 Å². The number of methoxy groups -OCH3 is 1. The third kappa shape index (κ3) is 234. The second kappa shape index (κ2) is 51.1. The van der Waals surface area contributed by atoms with Crippen LogP contribution in [0.5, 0.6) is 0 Å². The van der Waals surface area contributed by atoms with Crippen LogP contribution in [0.3, 0.4) is 0 Å². The monoisotopic (exact) mass is 301 g/mol. The van der Waals surface area contributed by atoms with Gasteiger partial charge in [0.05, 0.1) is 0 Å². The first-order chi connectivity index (χ1) is 9.93. The van der Waals surface area contributed by atoms with Gasteiger partial charge >= 0.3 is 0 Å². The van der Waals surface area contributed by atoms with E-state index in [2.05, 4.69) is 35.7 Å². The number of carbonyl (C=O) groups excluding carboxylic acids is 1. The van der Waals surface area contributed by atoms with Gasteiger partial charge in [0.15, 0.2) is 0 Å². The zero-order chi connectivity index (χ0) is 17.9. The van der Waals surface area contributed by atoms with Gasteiger partial charge in [0.2, 0.25) is 5.91 Å². The summed E-state index contributed by atoms with van der Waals surface area (Å²) in [7, 11) is 3.28. The first kappa shape index (κ1) is 31.9. The molecule has 0 aromatic rings. The van der Waals surface area contributed by atoms with Crippen LogP contribution in [0.1, 0.15) is 68.2 Å². The third-order valence-electron chi connectivity index (χ3n) is 1.72. The van der Waals surface area contributed by atoms with Crippen molar-refractivity contribution in [1.82, 2.24) is 5.32 Å². The largest absolute Gasteiger partial charge is 0.385 e. The minimum Gasteiger partial charge on any atom is -0.385 e. The lowest BCUT2D eigenvalue weighted by Gasteiger charge is -1.80. The Morgan fingerprint density at radius 3 is 1.29 bits per heavy atom. The van der Waals surface area contributed by atoms with Crippen molar-refractivity contribution in [2.24, 2.45) is 0 Å². The molecule has 0 saturated carbocycles. The summed E-state index contributed by atoms with van der Waals surface area (Å²) < 4.78 is 4.54. The van der Waals surface area contributed by atoms with Crippen molar-refractivity contribution in [3.63, 3.8) is 0 Å². The quantitative estimate of drug-likeness (QED) is 0.586. The van der Waals surface area contributed by atoms with E-state index in [1.165, 1.54) is 19.8 Å². The Kier molecular flexibility index (Phi) is 77.7. The van der Waals surface area contributed by atoms with Gasteiger partial charge in [-0.2, -0.15) is 0 Å². The number of allylic oxidation sites excluding steroid dienone is 2. The van der Waals surface area contributed by atoms with Gasteiger partial charge < -0.3 is 10.1 Å². The predicted octanol–water partition coefficient (Wildman–Crippen LogP) is 4.82. The van der Waals surface area contributed by atoms with Gasteiger partial charge in [-0.1, -0.05) is 38.8 Å². The second-order valence-electron chi connectivity index (χ2n) is 3.55. The molecule has 0 rings (SSSR count). The van der Waals surface area contributed by atoms with Crippen molar-refractivity contribution < 1.29 is 9.53 Å². The summed E-state index contributed by atoms with van der Waals surface area (Å²) in [5, 5.41) is 2.39. The van der Waals surface area contributed by atoms with Crippen molar-refractivity contribution in [3.8, 4) is 11.8 Å². The lowest BCUT2D eigenvalue weighted by atomic mass is 10.4.